The number of hydrogen-bond acceptors (Lipinski definition) is 6. The van der Waals surface area contributed by atoms with E-state index in [9.17, 15) is 4.79 Å². The molecule has 4 aromatic rings. The number of aryl methyl sites for hydroxylation is 2. The number of benzene rings is 1. The van der Waals surface area contributed by atoms with E-state index in [0.717, 1.165) is 44.1 Å². The molecule has 0 aliphatic carbocycles. The summed E-state index contributed by atoms with van der Waals surface area (Å²) in [6, 6.07) is 14.0. The van der Waals surface area contributed by atoms with Crippen LogP contribution in [-0.2, 0) is 29.6 Å². The summed E-state index contributed by atoms with van der Waals surface area (Å²) in [5.41, 5.74) is 4.99. The molecular formula is C30H35N3O3S. The van der Waals surface area contributed by atoms with Crippen molar-refractivity contribution < 1.29 is 14.3 Å². The fourth-order valence-corrected chi connectivity index (χ4v) is 5.60. The molecule has 0 saturated carbocycles. The van der Waals surface area contributed by atoms with Gasteiger partial charge in [0.1, 0.15) is 18.3 Å². The van der Waals surface area contributed by atoms with Crippen LogP contribution >= 0.6 is 11.8 Å². The number of carbonyl (C=O) groups is 1. The monoisotopic (exact) mass is 517 g/mol. The van der Waals surface area contributed by atoms with E-state index in [1.165, 1.54) is 0 Å². The predicted molar refractivity (Wildman–Crippen MR) is 149 cm³/mol. The standard InChI is InChI=1S/C30H35N3O3S/c1-7-35-29(34)25(15-21-9-8-14-31-18-21)27-28(37-30(3,4)5)24-16-23(12-13-26(24)33(27)6)36-19-22-11-10-20(2)17-32-22/h8-14,16-18,25H,7,15,19H2,1-6H3. The Labute approximate surface area is 223 Å². The first-order chi connectivity index (χ1) is 17.7. The molecule has 0 aliphatic rings. The van der Waals surface area contributed by atoms with Gasteiger partial charge in [0, 0.05) is 51.9 Å². The lowest BCUT2D eigenvalue weighted by atomic mass is 9.96. The average Bonchev–Trinajstić information content (AvgIpc) is 3.12. The quantitative estimate of drug-likeness (QED) is 0.183. The molecule has 0 amide bonds. The van der Waals surface area contributed by atoms with Gasteiger partial charge in [-0.2, -0.15) is 0 Å². The van der Waals surface area contributed by atoms with E-state index in [1.54, 1.807) is 18.0 Å². The van der Waals surface area contributed by atoms with E-state index in [1.807, 2.05) is 63.6 Å². The van der Waals surface area contributed by atoms with Gasteiger partial charge in [-0.3, -0.25) is 14.8 Å². The summed E-state index contributed by atoms with van der Waals surface area (Å²) < 4.78 is 13.8. The van der Waals surface area contributed by atoms with Crippen LogP contribution in [-0.4, -0.2) is 31.9 Å². The number of hydrogen-bond donors (Lipinski definition) is 0. The van der Waals surface area contributed by atoms with Gasteiger partial charge >= 0.3 is 5.97 Å². The Morgan fingerprint density at radius 2 is 1.95 bits per heavy atom. The number of nitrogens with zero attached hydrogens (tertiary/aromatic N) is 3. The minimum atomic E-state index is -0.465. The lowest BCUT2D eigenvalue weighted by Gasteiger charge is -2.22. The largest absolute Gasteiger partial charge is 0.487 e. The molecule has 0 aliphatic heterocycles. The molecule has 4 rings (SSSR count). The Morgan fingerprint density at radius 1 is 1.14 bits per heavy atom. The van der Waals surface area contributed by atoms with Crippen molar-refractivity contribution in [2.24, 2.45) is 7.05 Å². The van der Waals surface area contributed by atoms with Crippen LogP contribution < -0.4 is 4.74 Å². The Morgan fingerprint density at radius 3 is 2.59 bits per heavy atom. The van der Waals surface area contributed by atoms with Gasteiger partial charge in [0.2, 0.25) is 0 Å². The van der Waals surface area contributed by atoms with Crippen molar-refractivity contribution in [3.05, 3.63) is 83.6 Å². The van der Waals surface area contributed by atoms with Crippen molar-refractivity contribution in [2.75, 3.05) is 6.61 Å². The molecule has 0 N–H and O–H groups in total. The number of esters is 1. The van der Waals surface area contributed by atoms with E-state index in [4.69, 9.17) is 9.47 Å². The van der Waals surface area contributed by atoms with Gasteiger partial charge < -0.3 is 14.0 Å². The zero-order chi connectivity index (χ0) is 26.6. The summed E-state index contributed by atoms with van der Waals surface area (Å²) >= 11 is 1.76. The second-order valence-corrected chi connectivity index (χ2v) is 12.0. The molecule has 6 nitrogen and oxygen atoms in total. The number of ether oxygens (including phenoxy) is 2. The highest BCUT2D eigenvalue weighted by atomic mass is 32.2. The maximum atomic E-state index is 13.3. The molecule has 1 aromatic carbocycles. The van der Waals surface area contributed by atoms with Crippen LogP contribution in [0.3, 0.4) is 0 Å². The smallest absolute Gasteiger partial charge is 0.315 e. The molecule has 3 heterocycles. The van der Waals surface area contributed by atoms with E-state index in [2.05, 4.69) is 47.4 Å². The molecule has 37 heavy (non-hydrogen) atoms. The maximum absolute atomic E-state index is 13.3. The van der Waals surface area contributed by atoms with Gasteiger partial charge in [-0.1, -0.05) is 32.9 Å². The van der Waals surface area contributed by atoms with Crippen LogP contribution in [0.4, 0.5) is 0 Å². The molecule has 0 fully saturated rings. The van der Waals surface area contributed by atoms with Crippen LogP contribution in [0.5, 0.6) is 5.75 Å². The molecule has 3 aromatic heterocycles. The summed E-state index contributed by atoms with van der Waals surface area (Å²) in [7, 11) is 2.02. The highest BCUT2D eigenvalue weighted by Crippen LogP contribution is 2.45. The summed E-state index contributed by atoms with van der Waals surface area (Å²) in [6.07, 6.45) is 5.92. The van der Waals surface area contributed by atoms with Crippen LogP contribution in [0.15, 0.2) is 66.0 Å². The van der Waals surface area contributed by atoms with Crippen LogP contribution in [0, 0.1) is 6.92 Å². The third kappa shape index (κ3) is 6.52. The molecule has 0 spiro atoms. The first kappa shape index (κ1) is 26.7. The fourth-order valence-electron chi connectivity index (χ4n) is 4.33. The molecule has 0 radical (unpaired) electrons. The highest BCUT2D eigenvalue weighted by Gasteiger charge is 2.32. The Bertz CT molecular complexity index is 1360. The normalized spacial score (nSPS) is 12.5. The van der Waals surface area contributed by atoms with E-state index >= 15 is 0 Å². The second kappa shape index (κ2) is 11.4. The molecule has 7 heteroatoms. The average molecular weight is 518 g/mol. The third-order valence-corrected chi connectivity index (χ3v) is 7.24. The van der Waals surface area contributed by atoms with E-state index in [-0.39, 0.29) is 10.7 Å². The summed E-state index contributed by atoms with van der Waals surface area (Å²) in [6.45, 7) is 11.1. The zero-order valence-electron chi connectivity index (χ0n) is 22.4. The third-order valence-electron chi connectivity index (χ3n) is 6.00. The van der Waals surface area contributed by atoms with Gasteiger partial charge in [-0.15, -0.1) is 11.8 Å². The number of aromatic nitrogens is 3. The minimum absolute atomic E-state index is 0.0702. The number of carbonyl (C=O) groups excluding carboxylic acids is 1. The molecular weight excluding hydrogens is 482 g/mol. The summed E-state index contributed by atoms with van der Waals surface area (Å²) in [5, 5.41) is 1.06. The Hall–Kier alpha value is -3.32. The van der Waals surface area contributed by atoms with Crippen molar-refractivity contribution >= 4 is 28.6 Å². The summed E-state index contributed by atoms with van der Waals surface area (Å²) in [5.74, 6) is 0.0743. The molecule has 194 valence electrons. The van der Waals surface area contributed by atoms with Gasteiger partial charge in [0.25, 0.3) is 0 Å². The predicted octanol–water partition coefficient (Wildman–Crippen LogP) is 6.64. The molecule has 0 saturated heterocycles. The molecule has 1 unspecified atom stereocenters. The van der Waals surface area contributed by atoms with Gasteiger partial charge in [-0.25, -0.2) is 0 Å². The number of pyridine rings is 2. The van der Waals surface area contributed by atoms with Crippen molar-refractivity contribution in [1.82, 2.24) is 14.5 Å². The molecule has 0 bridgehead atoms. The minimum Gasteiger partial charge on any atom is -0.487 e. The van der Waals surface area contributed by atoms with Crippen molar-refractivity contribution in [1.29, 1.82) is 0 Å². The van der Waals surface area contributed by atoms with E-state index in [0.29, 0.717) is 19.6 Å². The van der Waals surface area contributed by atoms with Crippen molar-refractivity contribution in [3.63, 3.8) is 0 Å². The maximum Gasteiger partial charge on any atom is 0.315 e. The number of fused-ring (bicyclic) bond motifs is 1. The topological polar surface area (TPSA) is 66.2 Å². The number of thioether (sulfide) groups is 1. The fraction of sp³-hybridized carbons (Fsp3) is 0.367. The highest BCUT2D eigenvalue weighted by molar-refractivity contribution is 8.00. The number of rotatable bonds is 9. The van der Waals surface area contributed by atoms with Gasteiger partial charge in [0.05, 0.1) is 12.3 Å². The Balaban J connectivity index is 1.79. The second-order valence-electron chi connectivity index (χ2n) is 10.2. The van der Waals surface area contributed by atoms with Crippen LogP contribution in [0.1, 0.15) is 56.1 Å². The Kier molecular flexibility index (Phi) is 8.22. The van der Waals surface area contributed by atoms with Crippen molar-refractivity contribution in [3.8, 4) is 5.75 Å². The lowest BCUT2D eigenvalue weighted by molar-refractivity contribution is -0.145. The first-order valence-corrected chi connectivity index (χ1v) is 13.4. The SMILES string of the molecule is CCOC(=O)C(Cc1cccnc1)c1c(SC(C)(C)C)c2cc(OCc3ccc(C)cn3)ccc2n1C. The van der Waals surface area contributed by atoms with Gasteiger partial charge in [0.15, 0.2) is 0 Å². The molecule has 1 atom stereocenters. The first-order valence-electron chi connectivity index (χ1n) is 12.6. The summed E-state index contributed by atoms with van der Waals surface area (Å²) in [4.78, 5) is 23.1. The van der Waals surface area contributed by atoms with Crippen molar-refractivity contribution in [2.45, 2.75) is 63.2 Å². The van der Waals surface area contributed by atoms with Crippen LogP contribution in [0.2, 0.25) is 0 Å². The van der Waals surface area contributed by atoms with Gasteiger partial charge in [-0.05, 0) is 61.7 Å². The lowest BCUT2D eigenvalue weighted by Crippen LogP contribution is -2.22. The van der Waals surface area contributed by atoms with E-state index < -0.39 is 5.92 Å². The zero-order valence-corrected chi connectivity index (χ0v) is 23.3. The van der Waals surface area contributed by atoms with Crippen LogP contribution in [0.25, 0.3) is 10.9 Å².